The van der Waals surface area contributed by atoms with Crippen LogP contribution in [0.25, 0.3) is 10.8 Å². The topological polar surface area (TPSA) is 58.6 Å². The standard InChI is InChI=1S/C22H26N2O3S/c1-4-27-18-13-11-17(12-14-18)15-16-23-28(25,26)22-10-6-7-19-20(22)8-5-9-21(19)24(2)3/h5-14,23H,4,15-16H2,1-3H3. The van der Waals surface area contributed by atoms with Gasteiger partial charge in [0.15, 0.2) is 0 Å². The molecule has 0 aliphatic rings. The Morgan fingerprint density at radius 3 is 2.29 bits per heavy atom. The minimum atomic E-state index is -3.61. The molecule has 148 valence electrons. The number of nitrogens with zero attached hydrogens (tertiary/aromatic N) is 1. The first kappa shape index (κ1) is 20.2. The lowest BCUT2D eigenvalue weighted by atomic mass is 10.1. The molecule has 3 rings (SSSR count). The summed E-state index contributed by atoms with van der Waals surface area (Å²) in [5.74, 6) is 0.819. The average molecular weight is 399 g/mol. The first-order valence-corrected chi connectivity index (χ1v) is 10.8. The lowest BCUT2D eigenvalue weighted by Crippen LogP contribution is -2.26. The molecule has 1 N–H and O–H groups in total. The molecule has 0 radical (unpaired) electrons. The molecule has 0 saturated heterocycles. The fourth-order valence-electron chi connectivity index (χ4n) is 3.22. The second kappa shape index (κ2) is 8.63. The zero-order chi connectivity index (χ0) is 20.1. The summed E-state index contributed by atoms with van der Waals surface area (Å²) in [5.41, 5.74) is 2.04. The van der Waals surface area contributed by atoms with Crippen LogP contribution in [-0.4, -0.2) is 35.7 Å². The summed E-state index contributed by atoms with van der Waals surface area (Å²) >= 11 is 0. The van der Waals surface area contributed by atoms with Gasteiger partial charge in [0.2, 0.25) is 10.0 Å². The highest BCUT2D eigenvalue weighted by atomic mass is 32.2. The molecular formula is C22H26N2O3S. The highest BCUT2D eigenvalue weighted by molar-refractivity contribution is 7.89. The van der Waals surface area contributed by atoms with Gasteiger partial charge in [-0.2, -0.15) is 0 Å². The minimum absolute atomic E-state index is 0.306. The summed E-state index contributed by atoms with van der Waals surface area (Å²) in [6, 6.07) is 18.8. The maximum absolute atomic E-state index is 12.9. The first-order valence-electron chi connectivity index (χ1n) is 9.33. The monoisotopic (exact) mass is 398 g/mol. The van der Waals surface area contributed by atoms with Crippen molar-refractivity contribution < 1.29 is 13.2 Å². The van der Waals surface area contributed by atoms with Crippen LogP contribution in [0.3, 0.4) is 0 Å². The van der Waals surface area contributed by atoms with Gasteiger partial charge in [-0.3, -0.25) is 0 Å². The van der Waals surface area contributed by atoms with Gasteiger partial charge in [0.25, 0.3) is 0 Å². The van der Waals surface area contributed by atoms with Crippen molar-refractivity contribution in [3.05, 3.63) is 66.2 Å². The molecule has 0 bridgehead atoms. The van der Waals surface area contributed by atoms with Gasteiger partial charge in [0.1, 0.15) is 5.75 Å². The fraction of sp³-hybridized carbons (Fsp3) is 0.273. The van der Waals surface area contributed by atoms with E-state index in [0.29, 0.717) is 24.5 Å². The molecule has 28 heavy (non-hydrogen) atoms. The van der Waals surface area contributed by atoms with Gasteiger partial charge in [-0.05, 0) is 43.2 Å². The summed E-state index contributed by atoms with van der Waals surface area (Å²) < 4.78 is 34.0. The van der Waals surface area contributed by atoms with Gasteiger partial charge in [0, 0.05) is 37.1 Å². The van der Waals surface area contributed by atoms with E-state index in [1.54, 1.807) is 12.1 Å². The van der Waals surface area contributed by atoms with Crippen molar-refractivity contribution in [1.29, 1.82) is 0 Å². The number of sulfonamides is 1. The van der Waals surface area contributed by atoms with Crippen molar-refractivity contribution in [3.63, 3.8) is 0 Å². The van der Waals surface area contributed by atoms with Gasteiger partial charge in [-0.1, -0.05) is 36.4 Å². The Morgan fingerprint density at radius 1 is 0.929 bits per heavy atom. The number of benzene rings is 3. The van der Waals surface area contributed by atoms with Crippen molar-refractivity contribution >= 4 is 26.5 Å². The fourth-order valence-corrected chi connectivity index (χ4v) is 4.47. The number of nitrogens with one attached hydrogen (secondary N) is 1. The number of rotatable bonds is 8. The summed E-state index contributed by atoms with van der Waals surface area (Å²) in [6.45, 7) is 2.90. The maximum atomic E-state index is 12.9. The number of anilines is 1. The van der Waals surface area contributed by atoms with E-state index in [-0.39, 0.29) is 0 Å². The molecule has 3 aromatic carbocycles. The van der Waals surface area contributed by atoms with Crippen LogP contribution in [-0.2, 0) is 16.4 Å². The Balaban J connectivity index is 1.77. The van der Waals surface area contributed by atoms with E-state index in [1.165, 1.54) is 0 Å². The average Bonchev–Trinajstić information content (AvgIpc) is 2.68. The van der Waals surface area contributed by atoms with Crippen LogP contribution in [0.2, 0.25) is 0 Å². The molecule has 0 spiro atoms. The Hall–Kier alpha value is -2.57. The third-order valence-electron chi connectivity index (χ3n) is 4.57. The molecule has 6 heteroatoms. The van der Waals surface area contributed by atoms with E-state index in [2.05, 4.69) is 4.72 Å². The van der Waals surface area contributed by atoms with Crippen molar-refractivity contribution in [2.75, 3.05) is 32.1 Å². The predicted octanol–water partition coefficient (Wildman–Crippen LogP) is 3.83. The normalized spacial score (nSPS) is 11.5. The van der Waals surface area contributed by atoms with Crippen molar-refractivity contribution in [2.45, 2.75) is 18.2 Å². The number of hydrogen-bond donors (Lipinski definition) is 1. The number of hydrogen-bond acceptors (Lipinski definition) is 4. The van der Waals surface area contributed by atoms with E-state index in [4.69, 9.17) is 4.74 Å². The molecule has 3 aromatic rings. The highest BCUT2D eigenvalue weighted by Crippen LogP contribution is 2.30. The quantitative estimate of drug-likeness (QED) is 0.627. The zero-order valence-corrected chi connectivity index (χ0v) is 17.3. The molecule has 0 heterocycles. The van der Waals surface area contributed by atoms with Gasteiger partial charge in [-0.15, -0.1) is 0 Å². The molecule has 0 aromatic heterocycles. The molecule has 0 aliphatic carbocycles. The van der Waals surface area contributed by atoms with Crippen molar-refractivity contribution in [2.24, 2.45) is 0 Å². The lowest BCUT2D eigenvalue weighted by molar-refractivity contribution is 0.340. The molecule has 0 aliphatic heterocycles. The van der Waals surface area contributed by atoms with Crippen LogP contribution in [0.1, 0.15) is 12.5 Å². The molecule has 5 nitrogen and oxygen atoms in total. The van der Waals surface area contributed by atoms with Crippen molar-refractivity contribution in [1.82, 2.24) is 4.72 Å². The molecule has 0 amide bonds. The van der Waals surface area contributed by atoms with E-state index < -0.39 is 10.0 Å². The Labute approximate surface area is 167 Å². The Bertz CT molecular complexity index is 1050. The Kier molecular flexibility index (Phi) is 6.21. The van der Waals surface area contributed by atoms with Gasteiger partial charge in [0.05, 0.1) is 11.5 Å². The Morgan fingerprint density at radius 2 is 1.61 bits per heavy atom. The lowest BCUT2D eigenvalue weighted by Gasteiger charge is -2.17. The van der Waals surface area contributed by atoms with Crippen LogP contribution < -0.4 is 14.4 Å². The minimum Gasteiger partial charge on any atom is -0.494 e. The summed E-state index contributed by atoms with van der Waals surface area (Å²) in [4.78, 5) is 2.29. The van der Waals surface area contributed by atoms with E-state index >= 15 is 0 Å². The molecule has 0 saturated carbocycles. The third kappa shape index (κ3) is 4.46. The van der Waals surface area contributed by atoms with Crippen LogP contribution in [0.15, 0.2) is 65.6 Å². The molecule has 0 atom stereocenters. The van der Waals surface area contributed by atoms with E-state index in [1.807, 2.05) is 74.4 Å². The van der Waals surface area contributed by atoms with Crippen LogP contribution in [0.5, 0.6) is 5.75 Å². The largest absolute Gasteiger partial charge is 0.494 e. The zero-order valence-electron chi connectivity index (χ0n) is 16.5. The highest BCUT2D eigenvalue weighted by Gasteiger charge is 2.18. The second-order valence-corrected chi connectivity index (χ2v) is 8.48. The second-order valence-electron chi connectivity index (χ2n) is 6.75. The van der Waals surface area contributed by atoms with Gasteiger partial charge >= 0.3 is 0 Å². The van der Waals surface area contributed by atoms with Gasteiger partial charge in [-0.25, -0.2) is 13.1 Å². The number of fused-ring (bicyclic) bond motifs is 1. The first-order chi connectivity index (χ1) is 13.4. The SMILES string of the molecule is CCOc1ccc(CCNS(=O)(=O)c2cccc3c(N(C)C)cccc23)cc1. The van der Waals surface area contributed by atoms with Crippen LogP contribution >= 0.6 is 0 Å². The van der Waals surface area contributed by atoms with Crippen molar-refractivity contribution in [3.8, 4) is 5.75 Å². The number of ether oxygens (including phenoxy) is 1. The molecule has 0 unspecified atom stereocenters. The summed E-state index contributed by atoms with van der Waals surface area (Å²) in [7, 11) is 0.289. The molecular weight excluding hydrogens is 372 g/mol. The summed E-state index contributed by atoms with van der Waals surface area (Å²) in [6.07, 6.45) is 0.610. The van der Waals surface area contributed by atoms with Crippen LogP contribution in [0.4, 0.5) is 5.69 Å². The predicted molar refractivity (Wildman–Crippen MR) is 115 cm³/mol. The van der Waals surface area contributed by atoms with E-state index in [9.17, 15) is 8.42 Å². The molecule has 0 fully saturated rings. The van der Waals surface area contributed by atoms with Gasteiger partial charge < -0.3 is 9.64 Å². The third-order valence-corrected chi connectivity index (χ3v) is 6.09. The van der Waals surface area contributed by atoms with Crippen LogP contribution in [0, 0.1) is 0 Å². The summed E-state index contributed by atoms with van der Waals surface area (Å²) in [5, 5.41) is 1.64. The smallest absolute Gasteiger partial charge is 0.241 e. The van der Waals surface area contributed by atoms with E-state index in [0.717, 1.165) is 27.8 Å². The maximum Gasteiger partial charge on any atom is 0.241 e.